The van der Waals surface area contributed by atoms with Crippen molar-refractivity contribution < 1.29 is 8.42 Å². The van der Waals surface area contributed by atoms with Crippen LogP contribution in [-0.2, 0) is 21.3 Å². The van der Waals surface area contributed by atoms with Crippen LogP contribution in [0.4, 0.5) is 0 Å². The van der Waals surface area contributed by atoms with Crippen molar-refractivity contribution in [3.05, 3.63) is 15.9 Å². The number of hydrogen-bond donors (Lipinski definition) is 0. The Bertz CT molecular complexity index is 502. The van der Waals surface area contributed by atoms with Crippen molar-refractivity contribution in [2.24, 2.45) is 0 Å². The molecule has 0 saturated heterocycles. The molecule has 0 radical (unpaired) electrons. The van der Waals surface area contributed by atoms with E-state index in [0.717, 1.165) is 28.7 Å². The molecule has 0 aromatic carbocycles. The van der Waals surface area contributed by atoms with Gasteiger partial charge in [-0.05, 0) is 28.8 Å². The lowest BCUT2D eigenvalue weighted by Gasteiger charge is -2.00. The highest BCUT2D eigenvalue weighted by atomic mass is 79.9. The molecule has 0 spiro atoms. The van der Waals surface area contributed by atoms with E-state index in [9.17, 15) is 8.42 Å². The number of rotatable bonds is 1. The molecule has 1 aliphatic carbocycles. The van der Waals surface area contributed by atoms with E-state index in [1.54, 1.807) is 0 Å². The number of aromatic nitrogens is 2. The molecule has 0 amide bonds. The van der Waals surface area contributed by atoms with Crippen molar-refractivity contribution in [3.8, 4) is 0 Å². The summed E-state index contributed by atoms with van der Waals surface area (Å²) in [7, 11) is -2.91. The summed E-state index contributed by atoms with van der Waals surface area (Å²) >= 11 is 3.43. The molecule has 14 heavy (non-hydrogen) atoms. The quantitative estimate of drug-likeness (QED) is 0.779. The van der Waals surface area contributed by atoms with Gasteiger partial charge in [0, 0.05) is 5.56 Å². The third kappa shape index (κ3) is 1.24. The summed E-state index contributed by atoms with van der Waals surface area (Å²) < 4.78 is 25.5. The first-order chi connectivity index (χ1) is 6.57. The van der Waals surface area contributed by atoms with Crippen molar-refractivity contribution in [1.29, 1.82) is 0 Å². The fourth-order valence-corrected chi connectivity index (χ4v) is 4.21. The van der Waals surface area contributed by atoms with Crippen molar-refractivity contribution >= 4 is 25.8 Å². The number of nitrogens with zero attached hydrogens (tertiary/aromatic N) is 2. The Morgan fingerprint density at radius 3 is 2.64 bits per heavy atom. The smallest absolute Gasteiger partial charge is 0.160 e. The molecule has 0 N–H and O–H groups in total. The Labute approximate surface area is 90.3 Å². The van der Waals surface area contributed by atoms with E-state index < -0.39 is 9.84 Å². The second-order valence-electron chi connectivity index (χ2n) is 3.92. The number of fused-ring (bicyclic) bond motifs is 1. The first kappa shape index (κ1) is 8.91. The molecule has 1 aromatic rings. The minimum Gasteiger partial charge on any atom is -0.255 e. The van der Waals surface area contributed by atoms with Gasteiger partial charge in [0.25, 0.3) is 0 Å². The van der Waals surface area contributed by atoms with E-state index in [-0.39, 0.29) is 11.5 Å². The maximum Gasteiger partial charge on any atom is 0.160 e. The van der Waals surface area contributed by atoms with Crippen LogP contribution >= 0.6 is 15.9 Å². The van der Waals surface area contributed by atoms with Crippen molar-refractivity contribution in [3.63, 3.8) is 0 Å². The molecular weight excluding hydrogens is 268 g/mol. The lowest BCUT2D eigenvalue weighted by Crippen LogP contribution is -2.03. The topological polar surface area (TPSA) is 52.0 Å². The number of hydrogen-bond acceptors (Lipinski definition) is 3. The molecule has 1 fully saturated rings. The first-order valence-corrected chi connectivity index (χ1v) is 7.14. The van der Waals surface area contributed by atoms with Crippen LogP contribution in [0.5, 0.6) is 0 Å². The Kier molecular flexibility index (Phi) is 1.66. The zero-order chi connectivity index (χ0) is 9.92. The predicted octanol–water partition coefficient (Wildman–Crippen LogP) is 1.41. The highest BCUT2D eigenvalue weighted by Crippen LogP contribution is 2.40. The predicted molar refractivity (Wildman–Crippen MR) is 54.5 cm³/mol. The maximum absolute atomic E-state index is 11.3. The van der Waals surface area contributed by atoms with Crippen LogP contribution in [0.1, 0.15) is 30.1 Å². The normalized spacial score (nSPS) is 23.8. The molecule has 4 nitrogen and oxygen atoms in total. The fourth-order valence-electron chi connectivity index (χ4n) is 1.79. The average molecular weight is 277 g/mol. The standard InChI is InChI=1S/C8H9BrN2O2S/c9-8-6-3-14(12,13)4-7(6)10-11(8)5-1-2-5/h5H,1-4H2. The van der Waals surface area contributed by atoms with E-state index in [1.165, 1.54) is 0 Å². The van der Waals surface area contributed by atoms with E-state index in [4.69, 9.17) is 0 Å². The van der Waals surface area contributed by atoms with Gasteiger partial charge in [-0.2, -0.15) is 5.10 Å². The summed E-state index contributed by atoms with van der Waals surface area (Å²) in [5.74, 6) is 0.260. The van der Waals surface area contributed by atoms with E-state index in [0.29, 0.717) is 6.04 Å². The van der Waals surface area contributed by atoms with E-state index in [2.05, 4.69) is 21.0 Å². The van der Waals surface area contributed by atoms with Crippen LogP contribution in [0, 0.1) is 0 Å². The summed E-state index contributed by atoms with van der Waals surface area (Å²) in [5.41, 5.74) is 1.61. The monoisotopic (exact) mass is 276 g/mol. The van der Waals surface area contributed by atoms with Crippen LogP contribution in [0.15, 0.2) is 4.60 Å². The van der Waals surface area contributed by atoms with Gasteiger partial charge in [-0.15, -0.1) is 0 Å². The van der Waals surface area contributed by atoms with Crippen molar-refractivity contribution in [1.82, 2.24) is 9.78 Å². The molecule has 2 heterocycles. The van der Waals surface area contributed by atoms with Gasteiger partial charge in [0.1, 0.15) is 4.60 Å². The van der Waals surface area contributed by atoms with Gasteiger partial charge in [-0.1, -0.05) is 0 Å². The van der Waals surface area contributed by atoms with Gasteiger partial charge in [0.05, 0.1) is 23.2 Å². The van der Waals surface area contributed by atoms with Gasteiger partial charge < -0.3 is 0 Å². The first-order valence-electron chi connectivity index (χ1n) is 4.53. The summed E-state index contributed by atoms with van der Waals surface area (Å²) in [6.45, 7) is 0. The largest absolute Gasteiger partial charge is 0.255 e. The zero-order valence-electron chi connectivity index (χ0n) is 7.40. The summed E-state index contributed by atoms with van der Waals surface area (Å²) in [6, 6.07) is 0.498. The van der Waals surface area contributed by atoms with Crippen LogP contribution in [0.3, 0.4) is 0 Å². The van der Waals surface area contributed by atoms with Crippen molar-refractivity contribution in [2.45, 2.75) is 30.4 Å². The molecule has 3 rings (SSSR count). The summed E-state index contributed by atoms with van der Waals surface area (Å²) in [4.78, 5) is 0. The third-order valence-electron chi connectivity index (χ3n) is 2.64. The minimum atomic E-state index is -2.91. The lowest BCUT2D eigenvalue weighted by molar-refractivity contribution is 0.590. The van der Waals surface area contributed by atoms with Gasteiger partial charge in [-0.3, -0.25) is 4.68 Å². The third-order valence-corrected chi connectivity index (χ3v) is 4.92. The lowest BCUT2D eigenvalue weighted by atomic mass is 10.3. The summed E-state index contributed by atoms with van der Waals surface area (Å²) in [6.07, 6.45) is 2.32. The van der Waals surface area contributed by atoms with Crippen molar-refractivity contribution in [2.75, 3.05) is 0 Å². The Balaban J connectivity index is 2.10. The molecule has 1 saturated carbocycles. The molecule has 0 bridgehead atoms. The van der Waals surface area contributed by atoms with Crippen LogP contribution in [0.25, 0.3) is 0 Å². The number of halogens is 1. The molecule has 1 aromatic heterocycles. The molecule has 0 unspecified atom stereocenters. The molecule has 2 aliphatic rings. The Morgan fingerprint density at radius 2 is 2.07 bits per heavy atom. The SMILES string of the molecule is O=S1(=O)Cc2nn(C3CC3)c(Br)c2C1. The Morgan fingerprint density at radius 1 is 1.36 bits per heavy atom. The highest BCUT2D eigenvalue weighted by molar-refractivity contribution is 9.10. The van der Waals surface area contributed by atoms with E-state index >= 15 is 0 Å². The number of sulfone groups is 1. The van der Waals surface area contributed by atoms with E-state index in [1.807, 2.05) is 4.68 Å². The molecule has 0 atom stereocenters. The fraction of sp³-hybridized carbons (Fsp3) is 0.625. The highest BCUT2D eigenvalue weighted by Gasteiger charge is 2.35. The molecule has 6 heteroatoms. The average Bonchev–Trinajstić information content (AvgIpc) is 2.81. The Hall–Kier alpha value is -0.360. The minimum absolute atomic E-state index is 0.112. The second-order valence-corrected chi connectivity index (χ2v) is 6.74. The molecule has 1 aliphatic heterocycles. The van der Waals surface area contributed by atoms with Gasteiger partial charge in [0.15, 0.2) is 9.84 Å². The summed E-state index contributed by atoms with van der Waals surface area (Å²) in [5, 5.41) is 4.34. The zero-order valence-corrected chi connectivity index (χ0v) is 9.81. The molecular formula is C8H9BrN2O2S. The second kappa shape index (κ2) is 2.61. The van der Waals surface area contributed by atoms with Gasteiger partial charge in [-0.25, -0.2) is 8.42 Å². The van der Waals surface area contributed by atoms with Gasteiger partial charge >= 0.3 is 0 Å². The van der Waals surface area contributed by atoms with Crippen LogP contribution < -0.4 is 0 Å². The molecule has 76 valence electrons. The van der Waals surface area contributed by atoms with Crippen LogP contribution in [0.2, 0.25) is 0 Å². The van der Waals surface area contributed by atoms with Gasteiger partial charge in [0.2, 0.25) is 0 Å². The maximum atomic E-state index is 11.3. The van der Waals surface area contributed by atoms with Crippen LogP contribution in [-0.4, -0.2) is 18.2 Å².